The summed E-state index contributed by atoms with van der Waals surface area (Å²) < 4.78 is 20.2. The molecule has 5 heterocycles. The SMILES string of the molecule is CC=C(C)C(=O)OC1Cc2c3c(c4oc(CO)cc(=O)c4c2O)C(C(CO)c2cccc(O)c2)C2=CCNC(N)=C2CC2CCC4=CC(N)NC=C4CC2C1(C)O3. The van der Waals surface area contributed by atoms with Crippen LogP contribution in [0.4, 0.5) is 0 Å². The molecule has 7 unspecified atom stereocenters. The highest BCUT2D eigenvalue weighted by molar-refractivity contribution is 5.92. The second kappa shape index (κ2) is 14.8. The lowest BCUT2D eigenvalue weighted by Gasteiger charge is -2.50. The van der Waals surface area contributed by atoms with Gasteiger partial charge in [-0.3, -0.25) is 4.79 Å². The van der Waals surface area contributed by atoms with Gasteiger partial charge in [-0.1, -0.05) is 24.3 Å². The fourth-order valence-corrected chi connectivity index (χ4v) is 9.78. The van der Waals surface area contributed by atoms with Crippen molar-refractivity contribution in [2.24, 2.45) is 23.3 Å². The van der Waals surface area contributed by atoms with E-state index in [2.05, 4.69) is 10.6 Å². The van der Waals surface area contributed by atoms with Gasteiger partial charge in [0.05, 0.1) is 18.6 Å². The molecule has 1 saturated carbocycles. The van der Waals surface area contributed by atoms with E-state index in [1.165, 1.54) is 0 Å². The van der Waals surface area contributed by atoms with Crippen LogP contribution < -0.4 is 32.3 Å². The second-order valence-electron chi connectivity index (χ2n) is 16.0. The molecule has 4 aliphatic heterocycles. The van der Waals surface area contributed by atoms with Crippen LogP contribution in [0, 0.1) is 11.8 Å². The van der Waals surface area contributed by atoms with Crippen LogP contribution in [0.15, 0.2) is 97.7 Å². The number of aromatic hydroxyl groups is 2. The highest BCUT2D eigenvalue weighted by Gasteiger charge is 2.56. The molecular formula is C44H50N4O9. The number of phenolic OH excluding ortho intramolecular Hbond substituents is 2. The third kappa shape index (κ3) is 6.47. The minimum atomic E-state index is -1.25. The number of hydrogen-bond donors (Lipinski definition) is 8. The molecule has 1 fully saturated rings. The van der Waals surface area contributed by atoms with E-state index in [0.29, 0.717) is 41.9 Å². The molecule has 0 spiro atoms. The first kappa shape index (κ1) is 38.4. The van der Waals surface area contributed by atoms with E-state index in [1.54, 1.807) is 38.1 Å². The zero-order chi connectivity index (χ0) is 40.3. The van der Waals surface area contributed by atoms with Gasteiger partial charge in [0.1, 0.15) is 52.3 Å². The van der Waals surface area contributed by atoms with Crippen LogP contribution in [-0.4, -0.2) is 57.4 Å². The van der Waals surface area contributed by atoms with E-state index < -0.39 is 48.2 Å². The van der Waals surface area contributed by atoms with Gasteiger partial charge in [0.25, 0.3) is 0 Å². The molecule has 0 radical (unpaired) electrons. The van der Waals surface area contributed by atoms with Gasteiger partial charge >= 0.3 is 5.97 Å². The predicted molar refractivity (Wildman–Crippen MR) is 213 cm³/mol. The summed E-state index contributed by atoms with van der Waals surface area (Å²) in [7, 11) is 0. The predicted octanol–water partition coefficient (Wildman–Crippen LogP) is 4.35. The molecule has 0 saturated heterocycles. The molecule has 3 aromatic rings. The first-order valence-electron chi connectivity index (χ1n) is 19.6. The normalized spacial score (nSPS) is 27.4. The van der Waals surface area contributed by atoms with E-state index >= 15 is 0 Å². The van der Waals surface area contributed by atoms with Crippen molar-refractivity contribution < 1.29 is 39.1 Å². The second-order valence-corrected chi connectivity index (χ2v) is 16.0. The van der Waals surface area contributed by atoms with Crippen LogP contribution in [0.2, 0.25) is 0 Å². The molecule has 5 aliphatic rings. The van der Waals surface area contributed by atoms with E-state index in [0.717, 1.165) is 41.2 Å². The minimum Gasteiger partial charge on any atom is -0.508 e. The Hall–Kier alpha value is -5.50. The van der Waals surface area contributed by atoms with E-state index in [-0.39, 0.29) is 64.0 Å². The van der Waals surface area contributed by atoms with Crippen molar-refractivity contribution in [3.8, 4) is 17.2 Å². The maximum absolute atomic E-state index is 14.0. The summed E-state index contributed by atoms with van der Waals surface area (Å²) in [5.74, 6) is -2.24. The average molecular weight is 779 g/mol. The molecule has 13 nitrogen and oxygen atoms in total. The third-order valence-corrected chi connectivity index (χ3v) is 12.9. The number of hydrogen-bond acceptors (Lipinski definition) is 13. The van der Waals surface area contributed by atoms with Crippen molar-refractivity contribution in [2.45, 2.75) is 89.2 Å². The van der Waals surface area contributed by atoms with E-state index in [4.69, 9.17) is 25.4 Å². The molecule has 2 bridgehead atoms. The van der Waals surface area contributed by atoms with Gasteiger partial charge < -0.3 is 56.4 Å². The highest BCUT2D eigenvalue weighted by Crippen LogP contribution is 2.59. The first-order valence-corrected chi connectivity index (χ1v) is 19.6. The molecule has 7 atom stereocenters. The van der Waals surface area contributed by atoms with E-state index in [1.807, 2.05) is 31.3 Å². The summed E-state index contributed by atoms with van der Waals surface area (Å²) in [4.78, 5) is 27.8. The monoisotopic (exact) mass is 778 g/mol. The number of ether oxygens (including phenoxy) is 2. The Bertz CT molecular complexity index is 2370. The van der Waals surface area contributed by atoms with Gasteiger partial charge in [0.15, 0.2) is 5.43 Å². The zero-order valence-corrected chi connectivity index (χ0v) is 32.3. The van der Waals surface area contributed by atoms with Crippen LogP contribution in [0.3, 0.4) is 0 Å². The third-order valence-electron chi connectivity index (χ3n) is 12.9. The van der Waals surface area contributed by atoms with Crippen LogP contribution in [0.5, 0.6) is 17.2 Å². The highest BCUT2D eigenvalue weighted by atomic mass is 16.6. The number of rotatable bonds is 6. The Labute approximate surface area is 330 Å². The number of nitrogens with two attached hydrogens (primary N) is 2. The molecule has 10 N–H and O–H groups in total. The maximum Gasteiger partial charge on any atom is 0.333 e. The number of benzene rings is 2. The maximum atomic E-state index is 14.0. The number of allylic oxidation sites excluding steroid dienone is 5. The summed E-state index contributed by atoms with van der Waals surface area (Å²) in [5, 5.41) is 51.1. The Kier molecular flexibility index (Phi) is 9.95. The summed E-state index contributed by atoms with van der Waals surface area (Å²) in [6, 6.07) is 7.79. The summed E-state index contributed by atoms with van der Waals surface area (Å²) in [5.41, 5.74) is 16.8. The average Bonchev–Trinajstić information content (AvgIpc) is 3.37. The van der Waals surface area contributed by atoms with Crippen molar-refractivity contribution in [2.75, 3.05) is 13.2 Å². The Morgan fingerprint density at radius 3 is 2.70 bits per heavy atom. The number of esters is 1. The van der Waals surface area contributed by atoms with Gasteiger partial charge in [-0.05, 0) is 98.4 Å². The van der Waals surface area contributed by atoms with Gasteiger partial charge in [0.2, 0.25) is 0 Å². The number of aliphatic hydroxyl groups excluding tert-OH is 2. The largest absolute Gasteiger partial charge is 0.508 e. The summed E-state index contributed by atoms with van der Waals surface area (Å²) in [6.45, 7) is 4.74. The van der Waals surface area contributed by atoms with Crippen LogP contribution in [0.25, 0.3) is 11.0 Å². The lowest BCUT2D eigenvalue weighted by molar-refractivity contribution is -0.168. The lowest BCUT2D eigenvalue weighted by atomic mass is 9.64. The Balaban J connectivity index is 1.49. The number of phenols is 2. The van der Waals surface area contributed by atoms with Crippen molar-refractivity contribution in [1.82, 2.24) is 10.6 Å². The summed E-state index contributed by atoms with van der Waals surface area (Å²) in [6.07, 6.45) is 8.87. The molecule has 8 rings (SSSR count). The lowest BCUT2D eigenvalue weighted by Crippen LogP contribution is -2.58. The van der Waals surface area contributed by atoms with Gasteiger partial charge in [-0.15, -0.1) is 0 Å². The first-order chi connectivity index (χ1) is 27.4. The molecule has 57 heavy (non-hydrogen) atoms. The van der Waals surface area contributed by atoms with Crippen LogP contribution in [-0.2, 0) is 22.6 Å². The molecule has 2 aromatic carbocycles. The quantitative estimate of drug-likeness (QED) is 0.129. The summed E-state index contributed by atoms with van der Waals surface area (Å²) >= 11 is 0. The molecular weight excluding hydrogens is 729 g/mol. The zero-order valence-electron chi connectivity index (χ0n) is 32.3. The topological polar surface area (TPSA) is 223 Å². The van der Waals surface area contributed by atoms with Crippen molar-refractivity contribution in [3.05, 3.63) is 121 Å². The van der Waals surface area contributed by atoms with E-state index in [9.17, 15) is 30.0 Å². The fraction of sp³-hybridized carbons (Fsp3) is 0.409. The van der Waals surface area contributed by atoms with Crippen LogP contribution >= 0.6 is 0 Å². The van der Waals surface area contributed by atoms with Crippen molar-refractivity contribution >= 4 is 16.9 Å². The van der Waals surface area contributed by atoms with Crippen molar-refractivity contribution in [3.63, 3.8) is 0 Å². The molecule has 1 aromatic heterocycles. The standard InChI is InChI=1S/C44H50N4O9/c1-4-21(2)43(54)56-34-17-30-39(53)37-33(52)16-27(19-49)55-41(37)38-36(31(20-50)23-6-5-7-26(51)12-23)28-10-11-47-42(46)29(28)13-24-9-8-22-15-35(45)48-18-25(22)14-32(24)44(34,3)57-40(30)38/h4-7,10,12,15-16,18,24,31-32,34-36,47-51,53H,8-9,11,13-14,17,19-20,45-46H2,1-3H3. The Morgan fingerprint density at radius 2 is 1.96 bits per heavy atom. The fourth-order valence-electron chi connectivity index (χ4n) is 9.78. The van der Waals surface area contributed by atoms with Crippen LogP contribution in [0.1, 0.15) is 80.7 Å². The number of dihydropyridines is 2. The molecule has 0 amide bonds. The number of fused-ring (bicyclic) bond motifs is 7. The van der Waals surface area contributed by atoms with Gasteiger partial charge in [-0.2, -0.15) is 0 Å². The molecule has 300 valence electrons. The Morgan fingerprint density at radius 1 is 1.16 bits per heavy atom. The number of carbonyl (C=O) groups is 1. The van der Waals surface area contributed by atoms with Gasteiger partial charge in [-0.25, -0.2) is 4.79 Å². The number of carbonyl (C=O) groups excluding carboxylic acids is 1. The molecule has 13 heteroatoms. The number of aliphatic hydroxyl groups is 2. The molecule has 1 aliphatic carbocycles. The minimum absolute atomic E-state index is 0.00225. The smallest absolute Gasteiger partial charge is 0.333 e. The number of nitrogens with one attached hydrogen (secondary N) is 2. The van der Waals surface area contributed by atoms with Gasteiger partial charge in [0, 0.05) is 59.7 Å². The van der Waals surface area contributed by atoms with Crippen molar-refractivity contribution in [1.29, 1.82) is 0 Å².